The zero-order valence-electron chi connectivity index (χ0n) is 13.2. The van der Waals surface area contributed by atoms with Gasteiger partial charge in [0.25, 0.3) is 0 Å². The molecule has 2 heterocycles. The number of H-pyrrole nitrogens is 1. The van der Waals surface area contributed by atoms with Gasteiger partial charge in [-0.2, -0.15) is 0 Å². The van der Waals surface area contributed by atoms with Gasteiger partial charge in [0.15, 0.2) is 0 Å². The molecule has 1 aromatic heterocycles. The molecule has 109 valence electrons. The predicted molar refractivity (Wildman–Crippen MR) is 82.3 cm³/mol. The number of nitrogens with one attached hydrogen (secondary N) is 1. The van der Waals surface area contributed by atoms with Crippen LogP contribution in [0.25, 0.3) is 10.9 Å². The first-order valence-corrected chi connectivity index (χ1v) is 8.63. The molecule has 1 aromatic carbocycles. The number of aromatic nitrogens is 1. The van der Waals surface area contributed by atoms with Crippen molar-refractivity contribution in [2.75, 3.05) is 19.3 Å². The second kappa shape index (κ2) is 8.82. The van der Waals surface area contributed by atoms with E-state index in [4.69, 9.17) is 4.89 Å². The average molecular weight is 339 g/mol. The van der Waals surface area contributed by atoms with Crippen molar-refractivity contribution in [1.82, 2.24) is 9.88 Å². The molecule has 0 saturated heterocycles. The van der Waals surface area contributed by atoms with Gasteiger partial charge in [-0.15, -0.1) is 0 Å². The van der Waals surface area contributed by atoms with Gasteiger partial charge in [0.1, 0.15) is 7.60 Å². The molecule has 2 N–H and O–H groups in total. The molecule has 8 heteroatoms. The molecule has 1 aliphatic rings. The zero-order chi connectivity index (χ0) is 14.2. The van der Waals surface area contributed by atoms with Gasteiger partial charge in [0, 0.05) is 65.4 Å². The summed E-state index contributed by atoms with van der Waals surface area (Å²) in [5.41, 5.74) is 3.78. The molecule has 2 aromatic rings. The van der Waals surface area contributed by atoms with E-state index in [1.54, 1.807) is 0 Å². The Labute approximate surface area is 174 Å². The molecule has 22 heavy (non-hydrogen) atoms. The van der Waals surface area contributed by atoms with E-state index in [-0.39, 0.29) is 65.3 Å². The van der Waals surface area contributed by atoms with Crippen LogP contribution in [-0.4, -0.2) is 63.6 Å². The minimum absolute atomic E-state index is 0. The molecule has 0 spiro atoms. The van der Waals surface area contributed by atoms with Gasteiger partial charge in [-0.05, 0) is 31.0 Å². The second-order valence-electron chi connectivity index (χ2n) is 5.37. The molecule has 0 saturated carbocycles. The summed E-state index contributed by atoms with van der Waals surface area (Å²) < 4.78 is 10.7. The average Bonchev–Trinajstić information content (AvgIpc) is 2.74. The van der Waals surface area contributed by atoms with Crippen molar-refractivity contribution in [3.63, 3.8) is 0 Å². The van der Waals surface area contributed by atoms with Gasteiger partial charge in [-0.3, -0.25) is 4.90 Å². The maximum absolute atomic E-state index is 10.7. The zero-order valence-corrected chi connectivity index (χ0v) is 18.1. The monoisotopic (exact) mass is 339 g/mol. The van der Waals surface area contributed by atoms with Crippen LogP contribution >= 0.6 is 7.60 Å². The summed E-state index contributed by atoms with van der Waals surface area (Å²) in [6, 6.07) is 8.29. The minimum atomic E-state index is -4.11. The molecule has 0 fully saturated rings. The molecule has 1 unspecified atom stereocenters. The van der Waals surface area contributed by atoms with Crippen molar-refractivity contribution in [2.45, 2.75) is 19.4 Å². The number of fused-ring (bicyclic) bond motifs is 3. The standard InChI is InChI=1S/C14H19N2O3P.2Na/c17-20(18,19)9-3-7-16-8-6-12-11-4-1-2-5-13(11)15-14(12)10-16;;/h1-2,4-5,15H,3,6-10H2,(H2,17,18,19);;/q;;+1/p-1. The molecular weight excluding hydrogens is 321 g/mol. The normalized spacial score (nSPS) is 17.2. The van der Waals surface area contributed by atoms with Gasteiger partial charge in [0.2, 0.25) is 0 Å². The third kappa shape index (κ3) is 5.18. The number of para-hydroxylation sites is 1. The van der Waals surface area contributed by atoms with Crippen LogP contribution in [0, 0.1) is 0 Å². The van der Waals surface area contributed by atoms with Gasteiger partial charge in [-0.25, -0.2) is 0 Å². The summed E-state index contributed by atoms with van der Waals surface area (Å²) in [4.78, 5) is 25.2. The molecule has 0 amide bonds. The molecule has 3 rings (SSSR count). The van der Waals surface area contributed by atoms with E-state index in [1.807, 2.05) is 6.07 Å². The Morgan fingerprint density at radius 1 is 1.36 bits per heavy atom. The van der Waals surface area contributed by atoms with E-state index in [2.05, 4.69) is 28.1 Å². The summed E-state index contributed by atoms with van der Waals surface area (Å²) in [5.74, 6) is 0. The molecular formula is C14H18N2Na2O3P. The van der Waals surface area contributed by atoms with Gasteiger partial charge in [0.05, 0.1) is 0 Å². The van der Waals surface area contributed by atoms with Crippen LogP contribution in [0.1, 0.15) is 17.7 Å². The summed E-state index contributed by atoms with van der Waals surface area (Å²) in [5, 5.41) is 1.29. The number of hydrogen-bond donors (Lipinski definition) is 2. The topological polar surface area (TPSA) is 79.4 Å². The number of benzene rings is 1. The minimum Gasteiger partial charge on any atom is -0.779 e. The Balaban J connectivity index is 0.00000121. The van der Waals surface area contributed by atoms with Crippen LogP contribution in [0.2, 0.25) is 0 Å². The smallest absolute Gasteiger partial charge is 0.779 e. The first-order valence-electron chi connectivity index (χ1n) is 6.86. The predicted octanol–water partition coefficient (Wildman–Crippen LogP) is -1.91. The maximum atomic E-state index is 10.7. The van der Waals surface area contributed by atoms with E-state index in [0.29, 0.717) is 13.0 Å². The van der Waals surface area contributed by atoms with Crippen LogP contribution in [0.4, 0.5) is 0 Å². The summed E-state index contributed by atoms with van der Waals surface area (Å²) >= 11 is 0. The number of aromatic amines is 1. The second-order valence-corrected chi connectivity index (χ2v) is 7.09. The van der Waals surface area contributed by atoms with Gasteiger partial charge < -0.3 is 19.3 Å². The first kappa shape index (κ1) is 20.9. The Morgan fingerprint density at radius 2 is 2.09 bits per heavy atom. The quantitative estimate of drug-likeness (QED) is 0.503. The van der Waals surface area contributed by atoms with Crippen LogP contribution < -0.4 is 34.5 Å². The van der Waals surface area contributed by atoms with Crippen molar-refractivity contribution >= 4 is 48.1 Å². The molecule has 1 aliphatic heterocycles. The first-order chi connectivity index (χ1) is 9.53. The van der Waals surface area contributed by atoms with E-state index in [9.17, 15) is 9.46 Å². The summed E-state index contributed by atoms with van der Waals surface area (Å²) in [6.07, 6.45) is 1.32. The van der Waals surface area contributed by atoms with Gasteiger partial charge in [-0.1, -0.05) is 18.2 Å². The van der Waals surface area contributed by atoms with Crippen molar-refractivity contribution in [2.24, 2.45) is 0 Å². The van der Waals surface area contributed by atoms with Crippen molar-refractivity contribution in [3.8, 4) is 0 Å². The van der Waals surface area contributed by atoms with Crippen molar-refractivity contribution < 1.29 is 43.9 Å². The number of rotatable bonds is 4. The van der Waals surface area contributed by atoms with E-state index < -0.39 is 7.60 Å². The van der Waals surface area contributed by atoms with Crippen LogP contribution in [0.15, 0.2) is 24.3 Å². The SMILES string of the molecule is O=P([O-])(O)CCCN1CCc2c([nH]c3ccccc23)C1.[Na+].[Na]. The molecule has 5 nitrogen and oxygen atoms in total. The van der Waals surface area contributed by atoms with Crippen molar-refractivity contribution in [3.05, 3.63) is 35.5 Å². The Kier molecular flexibility index (Phi) is 8.38. The van der Waals surface area contributed by atoms with Crippen LogP contribution in [0.5, 0.6) is 0 Å². The summed E-state index contributed by atoms with van der Waals surface area (Å²) in [7, 11) is -4.11. The van der Waals surface area contributed by atoms with Crippen LogP contribution in [-0.2, 0) is 17.5 Å². The number of nitrogens with zero attached hydrogens (tertiary/aromatic N) is 1. The van der Waals surface area contributed by atoms with E-state index in [1.165, 1.54) is 22.2 Å². The van der Waals surface area contributed by atoms with E-state index in [0.717, 1.165) is 19.5 Å². The molecule has 1 radical (unpaired) electrons. The van der Waals surface area contributed by atoms with Gasteiger partial charge >= 0.3 is 29.6 Å². The molecule has 1 atom stereocenters. The number of hydrogen-bond acceptors (Lipinski definition) is 3. The fourth-order valence-electron chi connectivity index (χ4n) is 2.93. The third-order valence-electron chi connectivity index (χ3n) is 3.88. The van der Waals surface area contributed by atoms with Crippen LogP contribution in [0.3, 0.4) is 0 Å². The maximum Gasteiger partial charge on any atom is 1.00 e. The summed E-state index contributed by atoms with van der Waals surface area (Å²) in [6.45, 7) is 2.45. The molecule has 0 bridgehead atoms. The Bertz CT molecular complexity index is 671. The van der Waals surface area contributed by atoms with Crippen molar-refractivity contribution in [1.29, 1.82) is 0 Å². The fraction of sp³-hybridized carbons (Fsp3) is 0.429. The largest absolute Gasteiger partial charge is 1.00 e. The molecule has 0 aliphatic carbocycles. The Hall–Kier alpha value is 0.870. The fourth-order valence-corrected chi connectivity index (χ4v) is 3.47. The third-order valence-corrected chi connectivity index (χ3v) is 4.76. The van der Waals surface area contributed by atoms with E-state index >= 15 is 0 Å². The Morgan fingerprint density at radius 3 is 2.82 bits per heavy atom.